The summed E-state index contributed by atoms with van der Waals surface area (Å²) in [5.74, 6) is -0.435. The average molecular weight is 366 g/mol. The number of nitrogens with one attached hydrogen (secondary N) is 1. The number of hydrogen-bond donors (Lipinski definition) is 1. The first-order chi connectivity index (χ1) is 13.1. The van der Waals surface area contributed by atoms with Gasteiger partial charge in [0.25, 0.3) is 5.56 Å². The molecule has 0 aliphatic rings. The van der Waals surface area contributed by atoms with E-state index in [0.29, 0.717) is 25.2 Å². The highest BCUT2D eigenvalue weighted by Crippen LogP contribution is 2.13. The monoisotopic (exact) mass is 366 g/mol. The Hall–Kier alpha value is -3.35. The molecule has 0 fully saturated rings. The summed E-state index contributed by atoms with van der Waals surface area (Å²) in [6, 6.07) is 12.7. The van der Waals surface area contributed by atoms with E-state index >= 15 is 0 Å². The van der Waals surface area contributed by atoms with Crippen LogP contribution in [0.1, 0.15) is 18.4 Å². The third-order valence-electron chi connectivity index (χ3n) is 4.02. The van der Waals surface area contributed by atoms with Gasteiger partial charge in [0.05, 0.1) is 5.69 Å². The number of benzene rings is 1. The number of carbonyl (C=O) groups is 1. The second kappa shape index (κ2) is 8.84. The third kappa shape index (κ3) is 5.31. The molecule has 1 N–H and O–H groups in total. The van der Waals surface area contributed by atoms with E-state index in [1.807, 2.05) is 12.1 Å². The van der Waals surface area contributed by atoms with Gasteiger partial charge in [0.1, 0.15) is 5.82 Å². The zero-order chi connectivity index (χ0) is 19.1. The van der Waals surface area contributed by atoms with Crippen LogP contribution in [-0.4, -0.2) is 20.7 Å². The van der Waals surface area contributed by atoms with E-state index in [-0.39, 0.29) is 23.7 Å². The molecule has 27 heavy (non-hydrogen) atoms. The molecule has 2 heterocycles. The number of aromatic nitrogens is 3. The Bertz CT molecular complexity index is 956. The maximum Gasteiger partial charge on any atom is 0.266 e. The fourth-order valence-electron chi connectivity index (χ4n) is 2.57. The number of rotatable bonds is 7. The Morgan fingerprint density at radius 2 is 1.78 bits per heavy atom. The lowest BCUT2D eigenvalue weighted by atomic mass is 10.2. The minimum Gasteiger partial charge on any atom is -0.352 e. The lowest BCUT2D eigenvalue weighted by molar-refractivity contribution is -0.121. The first-order valence-corrected chi connectivity index (χ1v) is 8.61. The van der Waals surface area contributed by atoms with E-state index in [2.05, 4.69) is 15.4 Å². The van der Waals surface area contributed by atoms with E-state index in [1.54, 1.807) is 30.6 Å². The summed E-state index contributed by atoms with van der Waals surface area (Å²) in [6.07, 6.45) is 4.09. The van der Waals surface area contributed by atoms with Crippen LogP contribution in [0.2, 0.25) is 0 Å². The van der Waals surface area contributed by atoms with Gasteiger partial charge < -0.3 is 5.32 Å². The Balaban J connectivity index is 1.51. The van der Waals surface area contributed by atoms with Crippen molar-refractivity contribution in [1.82, 2.24) is 20.1 Å². The molecule has 0 bridgehead atoms. The van der Waals surface area contributed by atoms with Crippen LogP contribution in [0.15, 0.2) is 65.7 Å². The van der Waals surface area contributed by atoms with Gasteiger partial charge in [0, 0.05) is 43.5 Å². The highest BCUT2D eigenvalue weighted by Gasteiger charge is 2.06. The van der Waals surface area contributed by atoms with Gasteiger partial charge in [0.15, 0.2) is 0 Å². The normalized spacial score (nSPS) is 10.6. The van der Waals surface area contributed by atoms with Gasteiger partial charge in [0.2, 0.25) is 5.91 Å². The molecular weight excluding hydrogens is 347 g/mol. The zero-order valence-corrected chi connectivity index (χ0v) is 14.6. The van der Waals surface area contributed by atoms with Crippen molar-refractivity contribution in [1.29, 1.82) is 0 Å². The van der Waals surface area contributed by atoms with Gasteiger partial charge in [-0.05, 0) is 42.3 Å². The molecule has 3 rings (SSSR count). The first-order valence-electron chi connectivity index (χ1n) is 8.61. The maximum atomic E-state index is 12.9. The number of amides is 1. The van der Waals surface area contributed by atoms with Crippen LogP contribution in [-0.2, 0) is 17.9 Å². The molecule has 0 aliphatic carbocycles. The van der Waals surface area contributed by atoms with E-state index < -0.39 is 0 Å². The minimum atomic E-state index is -0.308. The van der Waals surface area contributed by atoms with E-state index in [9.17, 15) is 14.0 Å². The molecule has 0 saturated carbocycles. The van der Waals surface area contributed by atoms with Crippen LogP contribution in [0.3, 0.4) is 0 Å². The third-order valence-corrected chi connectivity index (χ3v) is 4.02. The highest BCUT2D eigenvalue weighted by atomic mass is 19.1. The van der Waals surface area contributed by atoms with Gasteiger partial charge in [-0.25, -0.2) is 9.07 Å². The molecule has 138 valence electrons. The molecule has 0 atom stereocenters. The van der Waals surface area contributed by atoms with Crippen molar-refractivity contribution in [3.8, 4) is 11.3 Å². The van der Waals surface area contributed by atoms with Crippen molar-refractivity contribution in [3.63, 3.8) is 0 Å². The van der Waals surface area contributed by atoms with Crippen LogP contribution < -0.4 is 10.9 Å². The standard InChI is InChI=1S/C20H19FN4O2/c21-17-5-3-15(4-6-17)14-23-19(26)2-1-13-25-20(27)8-7-18(24-25)16-9-11-22-12-10-16/h3-12H,1-2,13-14H2,(H,23,26). The molecule has 6 nitrogen and oxygen atoms in total. The molecule has 2 aromatic heterocycles. The Morgan fingerprint density at radius 3 is 2.52 bits per heavy atom. The van der Waals surface area contributed by atoms with Gasteiger partial charge in [-0.15, -0.1) is 0 Å². The molecule has 1 amide bonds. The summed E-state index contributed by atoms with van der Waals surface area (Å²) in [4.78, 5) is 27.9. The predicted molar refractivity (Wildman–Crippen MR) is 99.2 cm³/mol. The number of halogens is 1. The smallest absolute Gasteiger partial charge is 0.266 e. The van der Waals surface area contributed by atoms with Crippen molar-refractivity contribution in [2.24, 2.45) is 0 Å². The maximum absolute atomic E-state index is 12.9. The summed E-state index contributed by atoms with van der Waals surface area (Å²) in [6.45, 7) is 0.691. The van der Waals surface area contributed by atoms with Crippen LogP contribution in [0.25, 0.3) is 11.3 Å². The Labute approximate surface area is 155 Å². The minimum absolute atomic E-state index is 0.127. The van der Waals surface area contributed by atoms with E-state index in [4.69, 9.17) is 0 Å². The lowest BCUT2D eigenvalue weighted by Gasteiger charge is -2.08. The Kier molecular flexibility index (Phi) is 6.04. The molecule has 0 spiro atoms. The molecule has 7 heteroatoms. The van der Waals surface area contributed by atoms with Gasteiger partial charge in [-0.1, -0.05) is 12.1 Å². The molecule has 0 radical (unpaired) electrons. The van der Waals surface area contributed by atoms with Crippen molar-refractivity contribution in [2.75, 3.05) is 0 Å². The number of hydrogen-bond acceptors (Lipinski definition) is 4. The van der Waals surface area contributed by atoms with Crippen molar-refractivity contribution >= 4 is 5.91 Å². The SMILES string of the molecule is O=C(CCCn1nc(-c2ccncc2)ccc1=O)NCc1ccc(F)cc1. The molecule has 3 aromatic rings. The molecule has 1 aromatic carbocycles. The van der Waals surface area contributed by atoms with E-state index in [0.717, 1.165) is 11.1 Å². The first kappa shape index (κ1) is 18.4. The largest absolute Gasteiger partial charge is 0.352 e. The number of carbonyl (C=O) groups excluding carboxylic acids is 1. The number of nitrogens with zero attached hydrogens (tertiary/aromatic N) is 3. The van der Waals surface area contributed by atoms with Crippen LogP contribution >= 0.6 is 0 Å². The Morgan fingerprint density at radius 1 is 1.04 bits per heavy atom. The number of pyridine rings is 1. The highest BCUT2D eigenvalue weighted by molar-refractivity contribution is 5.75. The predicted octanol–water partition coefficient (Wildman–Crippen LogP) is 2.54. The van der Waals surface area contributed by atoms with Gasteiger partial charge >= 0.3 is 0 Å². The molecule has 0 saturated heterocycles. The summed E-state index contributed by atoms with van der Waals surface area (Å²) < 4.78 is 14.2. The molecule has 0 aliphatic heterocycles. The quantitative estimate of drug-likeness (QED) is 0.697. The summed E-state index contributed by atoms with van der Waals surface area (Å²) in [5, 5.41) is 7.13. The molecule has 0 unspecified atom stereocenters. The topological polar surface area (TPSA) is 76.9 Å². The fraction of sp³-hybridized carbons (Fsp3) is 0.200. The number of aryl methyl sites for hydroxylation is 1. The van der Waals surface area contributed by atoms with Crippen molar-refractivity contribution in [3.05, 3.63) is 82.7 Å². The van der Waals surface area contributed by atoms with Crippen LogP contribution in [0, 0.1) is 5.82 Å². The van der Waals surface area contributed by atoms with Crippen molar-refractivity contribution in [2.45, 2.75) is 25.9 Å². The van der Waals surface area contributed by atoms with Gasteiger partial charge in [-0.2, -0.15) is 5.10 Å². The van der Waals surface area contributed by atoms with Crippen LogP contribution in [0.5, 0.6) is 0 Å². The second-order valence-corrected chi connectivity index (χ2v) is 6.02. The summed E-state index contributed by atoms with van der Waals surface area (Å²) in [5.41, 5.74) is 2.17. The van der Waals surface area contributed by atoms with Crippen molar-refractivity contribution < 1.29 is 9.18 Å². The van der Waals surface area contributed by atoms with Gasteiger partial charge in [-0.3, -0.25) is 14.6 Å². The summed E-state index contributed by atoms with van der Waals surface area (Å²) in [7, 11) is 0. The second-order valence-electron chi connectivity index (χ2n) is 6.02. The average Bonchev–Trinajstić information content (AvgIpc) is 2.69. The van der Waals surface area contributed by atoms with E-state index in [1.165, 1.54) is 22.9 Å². The lowest BCUT2D eigenvalue weighted by Crippen LogP contribution is -2.25. The molecular formula is C20H19FN4O2. The fourth-order valence-corrected chi connectivity index (χ4v) is 2.57. The summed E-state index contributed by atoms with van der Waals surface area (Å²) >= 11 is 0. The van der Waals surface area contributed by atoms with Crippen LogP contribution in [0.4, 0.5) is 4.39 Å². The zero-order valence-electron chi connectivity index (χ0n) is 14.6.